The van der Waals surface area contributed by atoms with Gasteiger partial charge in [0.2, 0.25) is 0 Å². The smallest absolute Gasteiger partial charge is 0.335 e. The zero-order chi connectivity index (χ0) is 27.5. The number of rotatable bonds is 20. The lowest BCUT2D eigenvalue weighted by Crippen LogP contribution is -2.06. The molecule has 0 spiro atoms. The van der Waals surface area contributed by atoms with Gasteiger partial charge in [0.25, 0.3) is 0 Å². The van der Waals surface area contributed by atoms with Crippen molar-refractivity contribution in [2.24, 2.45) is 0 Å². The molecule has 0 atom stereocenters. The lowest BCUT2D eigenvalue weighted by Gasteiger charge is -2.12. The van der Waals surface area contributed by atoms with E-state index in [9.17, 15) is 9.90 Å². The average molecular weight is 535 g/mol. The first-order valence-electron chi connectivity index (χ1n) is 14.2. The summed E-state index contributed by atoms with van der Waals surface area (Å²) in [5.74, 6) is 1.55. The predicted octanol–water partition coefficient (Wildman–Crippen LogP) is 8.33. The average Bonchev–Trinajstić information content (AvgIpc) is 2.96. The molecule has 6 nitrogen and oxygen atoms in total. The van der Waals surface area contributed by atoms with Crippen LogP contribution in [0.3, 0.4) is 0 Å². The summed E-state index contributed by atoms with van der Waals surface area (Å²) in [4.78, 5) is 11.6. The normalized spacial score (nSPS) is 10.7. The second kappa shape index (κ2) is 17.8. The van der Waals surface area contributed by atoms with E-state index in [0.717, 1.165) is 29.9 Å². The van der Waals surface area contributed by atoms with Crippen LogP contribution in [-0.2, 0) is 6.61 Å². The summed E-state index contributed by atoms with van der Waals surface area (Å²) >= 11 is 0. The van der Waals surface area contributed by atoms with Crippen LogP contribution in [-0.4, -0.2) is 30.9 Å². The van der Waals surface area contributed by atoms with Gasteiger partial charge in [-0.2, -0.15) is 0 Å². The highest BCUT2D eigenvalue weighted by molar-refractivity contribution is 5.88. The molecule has 39 heavy (non-hydrogen) atoms. The Labute approximate surface area is 232 Å². The number of carboxylic acid groups (broad SMARTS) is 1. The summed E-state index contributed by atoms with van der Waals surface area (Å²) in [6, 6.07) is 22.4. The van der Waals surface area contributed by atoms with E-state index in [1.54, 1.807) is 12.1 Å². The second-order valence-electron chi connectivity index (χ2n) is 9.62. The first-order valence-corrected chi connectivity index (χ1v) is 14.2. The van der Waals surface area contributed by atoms with Crippen LogP contribution in [0.2, 0.25) is 0 Å². The van der Waals surface area contributed by atoms with E-state index in [1.807, 2.05) is 54.6 Å². The molecular formula is C33H42O6. The minimum atomic E-state index is -1.00. The molecule has 0 bridgehead atoms. The Kier molecular flexibility index (Phi) is 13.6. The second-order valence-corrected chi connectivity index (χ2v) is 9.62. The topological polar surface area (TPSA) is 74.2 Å². The number of aromatic carboxylic acids is 1. The quantitative estimate of drug-likeness (QED) is 0.147. The number of hydrogen-bond donors (Lipinski definition) is 1. The van der Waals surface area contributed by atoms with Crippen LogP contribution in [0.5, 0.6) is 23.0 Å². The molecule has 0 amide bonds. The van der Waals surface area contributed by atoms with E-state index in [1.165, 1.54) is 44.6 Å². The van der Waals surface area contributed by atoms with Crippen molar-refractivity contribution in [2.45, 2.75) is 71.3 Å². The minimum Gasteiger partial charge on any atom is -0.493 e. The fourth-order valence-electron chi connectivity index (χ4n) is 4.10. The molecule has 3 aromatic rings. The number of ether oxygens (including phenoxy) is 4. The van der Waals surface area contributed by atoms with Gasteiger partial charge in [-0.1, -0.05) is 82.2 Å². The Bertz CT molecular complexity index is 1080. The van der Waals surface area contributed by atoms with Crippen LogP contribution in [0.15, 0.2) is 72.8 Å². The highest BCUT2D eigenvalue weighted by Gasteiger charge is 2.09. The Balaban J connectivity index is 1.34. The van der Waals surface area contributed by atoms with Gasteiger partial charge in [-0.25, -0.2) is 4.79 Å². The van der Waals surface area contributed by atoms with Crippen LogP contribution >= 0.6 is 0 Å². The van der Waals surface area contributed by atoms with Crippen molar-refractivity contribution in [3.63, 3.8) is 0 Å². The molecule has 3 aromatic carbocycles. The fourth-order valence-corrected chi connectivity index (χ4v) is 4.10. The summed E-state index contributed by atoms with van der Waals surface area (Å²) in [7, 11) is 0. The third-order valence-electron chi connectivity index (χ3n) is 6.29. The van der Waals surface area contributed by atoms with Crippen LogP contribution in [0.1, 0.15) is 80.6 Å². The molecule has 0 aromatic heterocycles. The third-order valence-corrected chi connectivity index (χ3v) is 6.29. The molecule has 0 saturated heterocycles. The van der Waals surface area contributed by atoms with Crippen molar-refractivity contribution < 1.29 is 28.8 Å². The zero-order valence-electron chi connectivity index (χ0n) is 23.1. The molecule has 210 valence electrons. The lowest BCUT2D eigenvalue weighted by molar-refractivity contribution is 0.0695. The van der Waals surface area contributed by atoms with E-state index in [0.29, 0.717) is 44.3 Å². The molecule has 0 unspecified atom stereocenters. The van der Waals surface area contributed by atoms with Gasteiger partial charge < -0.3 is 24.1 Å². The van der Waals surface area contributed by atoms with Crippen molar-refractivity contribution in [3.05, 3.63) is 83.9 Å². The molecule has 0 heterocycles. The van der Waals surface area contributed by atoms with Gasteiger partial charge in [-0.15, -0.1) is 0 Å². The van der Waals surface area contributed by atoms with Gasteiger partial charge in [0.15, 0.2) is 0 Å². The van der Waals surface area contributed by atoms with Gasteiger partial charge in [0.05, 0.1) is 25.4 Å². The molecule has 0 fully saturated rings. The van der Waals surface area contributed by atoms with Crippen LogP contribution < -0.4 is 18.9 Å². The van der Waals surface area contributed by atoms with Gasteiger partial charge >= 0.3 is 5.97 Å². The van der Waals surface area contributed by atoms with E-state index in [4.69, 9.17) is 18.9 Å². The molecule has 0 saturated carbocycles. The molecule has 0 aliphatic carbocycles. The predicted molar refractivity (Wildman–Crippen MR) is 154 cm³/mol. The Morgan fingerprint density at radius 3 is 1.69 bits per heavy atom. The molecule has 3 rings (SSSR count). The lowest BCUT2D eigenvalue weighted by atomic mass is 10.1. The van der Waals surface area contributed by atoms with Crippen molar-refractivity contribution in [1.82, 2.24) is 0 Å². The third kappa shape index (κ3) is 12.2. The van der Waals surface area contributed by atoms with Crippen LogP contribution in [0, 0.1) is 0 Å². The van der Waals surface area contributed by atoms with Gasteiger partial charge in [0.1, 0.15) is 29.6 Å². The minimum absolute atomic E-state index is 0.157. The molecule has 1 N–H and O–H groups in total. The maximum absolute atomic E-state index is 11.6. The van der Waals surface area contributed by atoms with Crippen molar-refractivity contribution >= 4 is 5.97 Å². The summed E-state index contributed by atoms with van der Waals surface area (Å²) in [5.41, 5.74) is 1.28. The van der Waals surface area contributed by atoms with Crippen molar-refractivity contribution in [1.29, 1.82) is 0 Å². The maximum Gasteiger partial charge on any atom is 0.335 e. The number of carboxylic acids is 1. The monoisotopic (exact) mass is 534 g/mol. The first kappa shape index (κ1) is 29.9. The highest BCUT2D eigenvalue weighted by Crippen LogP contribution is 2.24. The Morgan fingerprint density at radius 2 is 1.10 bits per heavy atom. The van der Waals surface area contributed by atoms with E-state index < -0.39 is 5.97 Å². The number of unbranched alkanes of at least 4 members (excludes halogenated alkanes) is 7. The van der Waals surface area contributed by atoms with E-state index in [2.05, 4.69) is 6.92 Å². The standard InChI is InChI=1S/C33H42O6/c1-2-3-4-5-6-7-8-12-20-37-31-23-28(33(34)35)24-32(25-31)38-22-13-21-36-29-16-18-30(19-17-29)39-26-27-14-10-9-11-15-27/h9-11,14-19,23-25H,2-8,12-13,20-22,26H2,1H3,(H,34,35). The number of hydrogen-bond acceptors (Lipinski definition) is 5. The SMILES string of the molecule is CCCCCCCCCCOc1cc(OCCCOc2ccc(OCc3ccccc3)cc2)cc(C(=O)O)c1. The van der Waals surface area contributed by atoms with Crippen LogP contribution in [0.4, 0.5) is 0 Å². The zero-order valence-corrected chi connectivity index (χ0v) is 23.1. The first-order chi connectivity index (χ1) is 19.1. The fraction of sp³-hybridized carbons (Fsp3) is 0.424. The summed E-state index contributed by atoms with van der Waals surface area (Å²) in [5, 5.41) is 9.47. The van der Waals surface area contributed by atoms with E-state index in [-0.39, 0.29) is 5.56 Å². The van der Waals surface area contributed by atoms with Gasteiger partial charge in [-0.3, -0.25) is 0 Å². The molecule has 0 aliphatic rings. The molecule has 6 heteroatoms. The summed E-state index contributed by atoms with van der Waals surface area (Å²) in [6.45, 7) is 4.20. The van der Waals surface area contributed by atoms with E-state index >= 15 is 0 Å². The van der Waals surface area contributed by atoms with Crippen molar-refractivity contribution in [3.8, 4) is 23.0 Å². The highest BCUT2D eigenvalue weighted by atomic mass is 16.5. The number of carbonyl (C=O) groups is 1. The summed E-state index contributed by atoms with van der Waals surface area (Å²) < 4.78 is 23.3. The number of benzene rings is 3. The molecule has 0 radical (unpaired) electrons. The van der Waals surface area contributed by atoms with Crippen molar-refractivity contribution in [2.75, 3.05) is 19.8 Å². The molecule has 0 aliphatic heterocycles. The summed E-state index contributed by atoms with van der Waals surface area (Å²) in [6.07, 6.45) is 10.4. The largest absolute Gasteiger partial charge is 0.493 e. The van der Waals surface area contributed by atoms with Gasteiger partial charge in [0, 0.05) is 12.5 Å². The Hall–Kier alpha value is -3.67. The van der Waals surface area contributed by atoms with Crippen LogP contribution in [0.25, 0.3) is 0 Å². The van der Waals surface area contributed by atoms with Gasteiger partial charge in [-0.05, 0) is 48.4 Å². The molecular weight excluding hydrogens is 492 g/mol. The maximum atomic E-state index is 11.6. The Morgan fingerprint density at radius 1 is 0.590 bits per heavy atom.